The highest BCUT2D eigenvalue weighted by Gasteiger charge is 2.18. The van der Waals surface area contributed by atoms with Gasteiger partial charge in [-0.1, -0.05) is 26.0 Å². The van der Waals surface area contributed by atoms with Crippen LogP contribution >= 0.6 is 0 Å². The molecule has 1 aliphatic heterocycles. The first kappa shape index (κ1) is 17.7. The van der Waals surface area contributed by atoms with Gasteiger partial charge in [-0.2, -0.15) is 0 Å². The number of benzene rings is 1. The summed E-state index contributed by atoms with van der Waals surface area (Å²) in [5, 5.41) is 0. The van der Waals surface area contributed by atoms with Crippen molar-refractivity contribution in [3.63, 3.8) is 0 Å². The second kappa shape index (κ2) is 7.44. The minimum absolute atomic E-state index is 0.263. The summed E-state index contributed by atoms with van der Waals surface area (Å²) in [5.41, 5.74) is 1.59. The van der Waals surface area contributed by atoms with Crippen molar-refractivity contribution < 1.29 is 8.42 Å². The van der Waals surface area contributed by atoms with Crippen molar-refractivity contribution in [1.82, 2.24) is 4.98 Å². The topological polar surface area (TPSA) is 62.3 Å². The van der Waals surface area contributed by atoms with E-state index in [1.165, 1.54) is 12.8 Å². The summed E-state index contributed by atoms with van der Waals surface area (Å²) in [4.78, 5) is 6.96. The van der Waals surface area contributed by atoms with E-state index in [-0.39, 0.29) is 4.90 Å². The summed E-state index contributed by atoms with van der Waals surface area (Å²) >= 11 is 0. The fourth-order valence-corrected chi connectivity index (χ4v) is 4.19. The van der Waals surface area contributed by atoms with Crippen LogP contribution in [-0.2, 0) is 16.4 Å². The summed E-state index contributed by atoms with van der Waals surface area (Å²) < 4.78 is 27.6. The van der Waals surface area contributed by atoms with Gasteiger partial charge in [-0.05, 0) is 55.0 Å². The van der Waals surface area contributed by atoms with E-state index < -0.39 is 10.0 Å². The van der Waals surface area contributed by atoms with E-state index in [4.69, 9.17) is 0 Å². The SMILES string of the molecule is CCc1ccc(S(=O)(=O)Nc2ccc(N3CCCC(C)C3)nc2)cc1. The molecule has 1 saturated heterocycles. The van der Waals surface area contributed by atoms with Crippen LogP contribution in [0.4, 0.5) is 11.5 Å². The van der Waals surface area contributed by atoms with Gasteiger partial charge in [0, 0.05) is 13.1 Å². The molecule has 1 N–H and O–H groups in total. The van der Waals surface area contributed by atoms with E-state index in [1.807, 2.05) is 25.1 Å². The highest BCUT2D eigenvalue weighted by atomic mass is 32.2. The van der Waals surface area contributed by atoms with Gasteiger partial charge in [0.1, 0.15) is 5.82 Å². The van der Waals surface area contributed by atoms with Gasteiger partial charge in [-0.25, -0.2) is 13.4 Å². The standard InChI is InChI=1S/C19H25N3O2S/c1-3-16-6-9-18(10-7-16)25(23,24)21-17-8-11-19(20-13-17)22-12-4-5-15(2)14-22/h6-11,13,15,21H,3-5,12,14H2,1-2H3. The van der Waals surface area contributed by atoms with Crippen LogP contribution in [-0.4, -0.2) is 26.5 Å². The zero-order valence-electron chi connectivity index (χ0n) is 14.8. The quantitative estimate of drug-likeness (QED) is 0.884. The average Bonchev–Trinajstić information content (AvgIpc) is 2.62. The zero-order valence-corrected chi connectivity index (χ0v) is 15.6. The van der Waals surface area contributed by atoms with Gasteiger partial charge in [0.05, 0.1) is 16.8 Å². The molecule has 134 valence electrons. The molecule has 1 unspecified atom stereocenters. The van der Waals surface area contributed by atoms with Crippen LogP contribution in [0.3, 0.4) is 0 Å². The summed E-state index contributed by atoms with van der Waals surface area (Å²) in [6.07, 6.45) is 4.90. The Morgan fingerprint density at radius 3 is 2.56 bits per heavy atom. The molecule has 0 saturated carbocycles. The molecule has 0 aliphatic carbocycles. The first-order valence-electron chi connectivity index (χ1n) is 8.80. The Morgan fingerprint density at radius 2 is 1.96 bits per heavy atom. The summed E-state index contributed by atoms with van der Waals surface area (Å²) in [6.45, 7) is 6.30. The fourth-order valence-electron chi connectivity index (χ4n) is 3.15. The van der Waals surface area contributed by atoms with Crippen molar-refractivity contribution >= 4 is 21.5 Å². The molecule has 1 aliphatic rings. The summed E-state index contributed by atoms with van der Waals surface area (Å²) in [6, 6.07) is 10.6. The Labute approximate surface area is 150 Å². The predicted octanol–water partition coefficient (Wildman–Crippen LogP) is 3.68. The molecule has 1 aromatic heterocycles. The minimum Gasteiger partial charge on any atom is -0.356 e. The molecule has 1 aromatic carbocycles. The van der Waals surface area contributed by atoms with E-state index >= 15 is 0 Å². The number of pyridine rings is 1. The van der Waals surface area contributed by atoms with Gasteiger partial charge in [-0.3, -0.25) is 4.72 Å². The normalized spacial score (nSPS) is 18.2. The fraction of sp³-hybridized carbons (Fsp3) is 0.421. The lowest BCUT2D eigenvalue weighted by atomic mass is 10.0. The molecule has 0 spiro atoms. The van der Waals surface area contributed by atoms with Gasteiger partial charge < -0.3 is 4.90 Å². The average molecular weight is 359 g/mol. The molecule has 1 atom stereocenters. The van der Waals surface area contributed by atoms with Crippen molar-refractivity contribution in [2.45, 2.75) is 38.0 Å². The molecular weight excluding hydrogens is 334 g/mol. The Bertz CT molecular complexity index is 802. The molecule has 0 amide bonds. The molecule has 1 fully saturated rings. The van der Waals surface area contributed by atoms with Crippen molar-refractivity contribution in [3.8, 4) is 0 Å². The number of hydrogen-bond donors (Lipinski definition) is 1. The van der Waals surface area contributed by atoms with E-state index in [0.717, 1.165) is 30.9 Å². The van der Waals surface area contributed by atoms with Gasteiger partial charge in [0.25, 0.3) is 10.0 Å². The van der Waals surface area contributed by atoms with Crippen molar-refractivity contribution in [1.29, 1.82) is 0 Å². The van der Waals surface area contributed by atoms with Gasteiger partial charge >= 0.3 is 0 Å². The molecule has 0 radical (unpaired) electrons. The molecule has 25 heavy (non-hydrogen) atoms. The Morgan fingerprint density at radius 1 is 1.20 bits per heavy atom. The van der Waals surface area contributed by atoms with Crippen LogP contribution in [0.15, 0.2) is 47.5 Å². The molecule has 3 rings (SSSR count). The van der Waals surface area contributed by atoms with Crippen LogP contribution in [0, 0.1) is 5.92 Å². The molecule has 5 nitrogen and oxygen atoms in total. The monoisotopic (exact) mass is 359 g/mol. The number of nitrogens with one attached hydrogen (secondary N) is 1. The number of piperidine rings is 1. The van der Waals surface area contributed by atoms with Crippen molar-refractivity contribution in [2.75, 3.05) is 22.7 Å². The first-order valence-corrected chi connectivity index (χ1v) is 10.3. The number of aromatic nitrogens is 1. The third-order valence-electron chi connectivity index (χ3n) is 4.62. The number of anilines is 2. The largest absolute Gasteiger partial charge is 0.356 e. The summed E-state index contributed by atoms with van der Waals surface area (Å²) in [5.74, 6) is 1.57. The molecular formula is C19H25N3O2S. The second-order valence-electron chi connectivity index (χ2n) is 6.70. The number of hydrogen-bond acceptors (Lipinski definition) is 4. The number of sulfonamides is 1. The zero-order chi connectivity index (χ0) is 17.9. The lowest BCUT2D eigenvalue weighted by molar-refractivity contribution is 0.444. The lowest BCUT2D eigenvalue weighted by Crippen LogP contribution is -2.34. The van der Waals surface area contributed by atoms with Crippen LogP contribution in [0.25, 0.3) is 0 Å². The van der Waals surface area contributed by atoms with E-state index in [9.17, 15) is 8.42 Å². The predicted molar refractivity (Wildman–Crippen MR) is 101 cm³/mol. The third-order valence-corrected chi connectivity index (χ3v) is 6.02. The third kappa shape index (κ3) is 4.31. The van der Waals surface area contributed by atoms with E-state index in [1.54, 1.807) is 24.4 Å². The number of nitrogens with zero attached hydrogens (tertiary/aromatic N) is 2. The highest BCUT2D eigenvalue weighted by molar-refractivity contribution is 7.92. The Balaban J connectivity index is 1.71. The van der Waals surface area contributed by atoms with E-state index in [0.29, 0.717) is 11.6 Å². The minimum atomic E-state index is -3.59. The highest BCUT2D eigenvalue weighted by Crippen LogP contribution is 2.23. The first-order chi connectivity index (χ1) is 12.0. The molecule has 0 bridgehead atoms. The van der Waals surface area contributed by atoms with Gasteiger partial charge in [0.15, 0.2) is 0 Å². The lowest BCUT2D eigenvalue weighted by Gasteiger charge is -2.31. The Kier molecular flexibility index (Phi) is 5.27. The summed E-state index contributed by atoms with van der Waals surface area (Å²) in [7, 11) is -3.59. The van der Waals surface area contributed by atoms with Crippen LogP contribution in [0.2, 0.25) is 0 Å². The van der Waals surface area contributed by atoms with Crippen LogP contribution in [0.1, 0.15) is 32.3 Å². The second-order valence-corrected chi connectivity index (χ2v) is 8.38. The smallest absolute Gasteiger partial charge is 0.261 e. The maximum Gasteiger partial charge on any atom is 0.261 e. The molecule has 6 heteroatoms. The number of rotatable bonds is 5. The van der Waals surface area contributed by atoms with Gasteiger partial charge in [0.2, 0.25) is 0 Å². The molecule has 2 aromatic rings. The Hall–Kier alpha value is -2.08. The van der Waals surface area contributed by atoms with Crippen molar-refractivity contribution in [3.05, 3.63) is 48.2 Å². The van der Waals surface area contributed by atoms with Crippen molar-refractivity contribution in [2.24, 2.45) is 5.92 Å². The maximum atomic E-state index is 12.5. The van der Waals surface area contributed by atoms with E-state index in [2.05, 4.69) is 21.5 Å². The maximum absolute atomic E-state index is 12.5. The van der Waals surface area contributed by atoms with Crippen LogP contribution < -0.4 is 9.62 Å². The number of aryl methyl sites for hydroxylation is 1. The molecule has 2 heterocycles. The van der Waals surface area contributed by atoms with Crippen LogP contribution in [0.5, 0.6) is 0 Å². The van der Waals surface area contributed by atoms with Gasteiger partial charge in [-0.15, -0.1) is 0 Å².